The second-order valence-electron chi connectivity index (χ2n) is 7.43. The van der Waals surface area contributed by atoms with Gasteiger partial charge in [0, 0.05) is 30.2 Å². The average molecular weight is 419 g/mol. The quantitative estimate of drug-likeness (QED) is 0.437. The van der Waals surface area contributed by atoms with Crippen molar-refractivity contribution < 1.29 is 4.79 Å². The SMILES string of the molecule is CCCC[C@H](Nc1cncc(-c2ccc(NC(=O)NCC)c(C)c2)n1)c1cccnc1. The number of hydrogen-bond donors (Lipinski definition) is 3. The molecule has 31 heavy (non-hydrogen) atoms. The van der Waals surface area contributed by atoms with Crippen molar-refractivity contribution in [3.05, 3.63) is 66.2 Å². The molecule has 2 heterocycles. The van der Waals surface area contributed by atoms with Gasteiger partial charge in [0.25, 0.3) is 0 Å². The zero-order chi connectivity index (χ0) is 22.1. The maximum absolute atomic E-state index is 11.8. The molecule has 7 nitrogen and oxygen atoms in total. The molecule has 1 aromatic carbocycles. The van der Waals surface area contributed by atoms with E-state index in [0.29, 0.717) is 6.54 Å². The first-order valence-electron chi connectivity index (χ1n) is 10.7. The molecule has 2 amide bonds. The Morgan fingerprint density at radius 2 is 1.97 bits per heavy atom. The number of nitrogens with zero attached hydrogens (tertiary/aromatic N) is 3. The number of carbonyl (C=O) groups is 1. The Balaban J connectivity index is 1.79. The lowest BCUT2D eigenvalue weighted by atomic mass is 10.0. The van der Waals surface area contributed by atoms with Crippen molar-refractivity contribution in [1.29, 1.82) is 0 Å². The maximum Gasteiger partial charge on any atom is 0.319 e. The number of rotatable bonds is 9. The predicted molar refractivity (Wildman–Crippen MR) is 125 cm³/mol. The maximum atomic E-state index is 11.8. The molecule has 3 aromatic rings. The number of aromatic nitrogens is 3. The third kappa shape index (κ3) is 6.25. The minimum Gasteiger partial charge on any atom is -0.362 e. The van der Waals surface area contributed by atoms with Gasteiger partial charge in [-0.25, -0.2) is 9.78 Å². The fourth-order valence-corrected chi connectivity index (χ4v) is 3.36. The number of anilines is 2. The van der Waals surface area contributed by atoms with Crippen LogP contribution in [0.1, 0.15) is 50.3 Å². The van der Waals surface area contributed by atoms with E-state index in [1.165, 1.54) is 0 Å². The van der Waals surface area contributed by atoms with Gasteiger partial charge in [0.2, 0.25) is 0 Å². The zero-order valence-electron chi connectivity index (χ0n) is 18.4. The van der Waals surface area contributed by atoms with Crippen LogP contribution in [0.25, 0.3) is 11.3 Å². The Kier molecular flexibility index (Phi) is 7.92. The number of benzene rings is 1. The van der Waals surface area contributed by atoms with Gasteiger partial charge in [0.15, 0.2) is 0 Å². The predicted octanol–water partition coefficient (Wildman–Crippen LogP) is 5.33. The molecule has 3 rings (SSSR count). The smallest absolute Gasteiger partial charge is 0.319 e. The number of hydrogen-bond acceptors (Lipinski definition) is 5. The summed E-state index contributed by atoms with van der Waals surface area (Å²) in [7, 11) is 0. The normalized spacial score (nSPS) is 11.6. The fraction of sp³-hybridized carbons (Fsp3) is 0.333. The van der Waals surface area contributed by atoms with Gasteiger partial charge >= 0.3 is 6.03 Å². The molecule has 0 fully saturated rings. The highest BCUT2D eigenvalue weighted by atomic mass is 16.2. The van der Waals surface area contributed by atoms with Gasteiger partial charge in [-0.2, -0.15) is 0 Å². The van der Waals surface area contributed by atoms with Gasteiger partial charge < -0.3 is 16.0 Å². The lowest BCUT2D eigenvalue weighted by Crippen LogP contribution is -2.28. The number of unbranched alkanes of at least 4 members (excludes halogenated alkanes) is 1. The van der Waals surface area contributed by atoms with E-state index in [-0.39, 0.29) is 12.1 Å². The zero-order valence-corrected chi connectivity index (χ0v) is 18.4. The molecule has 3 N–H and O–H groups in total. The summed E-state index contributed by atoms with van der Waals surface area (Å²) < 4.78 is 0. The van der Waals surface area contributed by atoms with E-state index < -0.39 is 0 Å². The second kappa shape index (κ2) is 11.1. The minimum atomic E-state index is -0.210. The standard InChI is InChI=1S/C24H30N6O/c1-4-6-9-21(19-8-7-12-25-14-19)28-23-16-26-15-22(29-23)18-10-11-20(17(3)13-18)30-24(31)27-5-2/h7-8,10-16,21H,4-6,9H2,1-3H3,(H,28,29)(H2,27,30,31)/t21-/m0/s1. The molecule has 0 unspecified atom stereocenters. The summed E-state index contributed by atoms with van der Waals surface area (Å²) in [6, 6.07) is 9.80. The highest BCUT2D eigenvalue weighted by Crippen LogP contribution is 2.26. The summed E-state index contributed by atoms with van der Waals surface area (Å²) in [5.74, 6) is 0.727. The van der Waals surface area contributed by atoms with Crippen molar-refractivity contribution in [2.75, 3.05) is 17.2 Å². The van der Waals surface area contributed by atoms with Gasteiger partial charge in [-0.1, -0.05) is 31.9 Å². The van der Waals surface area contributed by atoms with Crippen LogP contribution in [0.5, 0.6) is 0 Å². The van der Waals surface area contributed by atoms with E-state index in [1.54, 1.807) is 18.6 Å². The van der Waals surface area contributed by atoms with Gasteiger partial charge in [-0.3, -0.25) is 9.97 Å². The van der Waals surface area contributed by atoms with E-state index in [4.69, 9.17) is 4.98 Å². The molecule has 0 aliphatic carbocycles. The summed E-state index contributed by atoms with van der Waals surface area (Å²) in [6.07, 6.45) is 10.4. The van der Waals surface area contributed by atoms with Crippen LogP contribution in [0.2, 0.25) is 0 Å². The first-order chi connectivity index (χ1) is 15.1. The van der Waals surface area contributed by atoms with Crippen molar-refractivity contribution in [2.45, 2.75) is 46.1 Å². The number of urea groups is 1. The van der Waals surface area contributed by atoms with E-state index in [2.05, 4.69) is 38.9 Å². The lowest BCUT2D eigenvalue weighted by Gasteiger charge is -2.19. The fourth-order valence-electron chi connectivity index (χ4n) is 3.36. The molecule has 0 aliphatic heterocycles. The molecule has 0 aliphatic rings. The summed E-state index contributed by atoms with van der Waals surface area (Å²) in [6.45, 7) is 6.62. The first kappa shape index (κ1) is 22.2. The highest BCUT2D eigenvalue weighted by molar-refractivity contribution is 5.90. The van der Waals surface area contributed by atoms with Gasteiger partial charge in [-0.15, -0.1) is 0 Å². The molecule has 0 radical (unpaired) electrons. The Morgan fingerprint density at radius 1 is 1.10 bits per heavy atom. The largest absolute Gasteiger partial charge is 0.362 e. The van der Waals surface area contributed by atoms with E-state index in [0.717, 1.165) is 53.2 Å². The van der Waals surface area contributed by atoms with Crippen molar-refractivity contribution in [3.63, 3.8) is 0 Å². The topological polar surface area (TPSA) is 91.8 Å². The summed E-state index contributed by atoms with van der Waals surface area (Å²) in [5, 5.41) is 9.12. The number of pyridine rings is 1. The van der Waals surface area contributed by atoms with Crippen LogP contribution in [-0.2, 0) is 0 Å². The van der Waals surface area contributed by atoms with E-state index >= 15 is 0 Å². The minimum absolute atomic E-state index is 0.128. The van der Waals surface area contributed by atoms with Crippen LogP contribution in [-0.4, -0.2) is 27.5 Å². The molecular formula is C24H30N6O. The highest BCUT2D eigenvalue weighted by Gasteiger charge is 2.13. The van der Waals surface area contributed by atoms with Crippen LogP contribution < -0.4 is 16.0 Å². The summed E-state index contributed by atoms with van der Waals surface area (Å²) in [4.78, 5) is 25.2. The number of nitrogens with one attached hydrogen (secondary N) is 3. The van der Waals surface area contributed by atoms with Gasteiger partial charge in [0.1, 0.15) is 5.82 Å². The molecule has 7 heteroatoms. The summed E-state index contributed by atoms with van der Waals surface area (Å²) >= 11 is 0. The molecule has 162 valence electrons. The second-order valence-corrected chi connectivity index (χ2v) is 7.43. The van der Waals surface area contributed by atoms with Crippen LogP contribution in [0.4, 0.5) is 16.3 Å². The van der Waals surface area contributed by atoms with Gasteiger partial charge in [0.05, 0.1) is 24.1 Å². The molecular weight excluding hydrogens is 388 g/mol. The van der Waals surface area contributed by atoms with Crippen LogP contribution in [0, 0.1) is 6.92 Å². The third-order valence-electron chi connectivity index (χ3n) is 5.00. The lowest BCUT2D eigenvalue weighted by molar-refractivity contribution is 0.252. The molecule has 0 bridgehead atoms. The first-order valence-corrected chi connectivity index (χ1v) is 10.7. The number of aryl methyl sites for hydroxylation is 1. The van der Waals surface area contributed by atoms with Crippen molar-refractivity contribution >= 4 is 17.5 Å². The van der Waals surface area contributed by atoms with Crippen molar-refractivity contribution in [2.24, 2.45) is 0 Å². The third-order valence-corrected chi connectivity index (χ3v) is 5.00. The average Bonchev–Trinajstić information content (AvgIpc) is 2.79. The molecule has 1 atom stereocenters. The van der Waals surface area contributed by atoms with Gasteiger partial charge in [-0.05, 0) is 49.6 Å². The number of amides is 2. The molecule has 0 saturated heterocycles. The molecule has 0 spiro atoms. The van der Waals surface area contributed by atoms with E-state index in [1.807, 2.05) is 44.3 Å². The Morgan fingerprint density at radius 3 is 2.68 bits per heavy atom. The van der Waals surface area contributed by atoms with Crippen LogP contribution in [0.15, 0.2) is 55.1 Å². The monoisotopic (exact) mass is 418 g/mol. The summed E-state index contributed by atoms with van der Waals surface area (Å²) in [5.41, 5.74) is 4.59. The molecule has 2 aromatic heterocycles. The van der Waals surface area contributed by atoms with Crippen LogP contribution >= 0.6 is 0 Å². The van der Waals surface area contributed by atoms with Crippen LogP contribution in [0.3, 0.4) is 0 Å². The Labute approximate surface area is 183 Å². The van der Waals surface area contributed by atoms with Crippen molar-refractivity contribution in [3.8, 4) is 11.3 Å². The van der Waals surface area contributed by atoms with Crippen molar-refractivity contribution in [1.82, 2.24) is 20.3 Å². The Bertz CT molecular complexity index is 992. The van der Waals surface area contributed by atoms with E-state index in [9.17, 15) is 4.79 Å². The molecule has 0 saturated carbocycles. The number of carbonyl (C=O) groups excluding carboxylic acids is 1. The Hall–Kier alpha value is -3.48.